The van der Waals surface area contributed by atoms with Gasteiger partial charge in [-0.1, -0.05) is 62.8 Å². The molecular formula is C26H42Cl2N2O2. The summed E-state index contributed by atoms with van der Waals surface area (Å²) >= 11 is 0. The Hall–Kier alpha value is -1.46. The summed E-state index contributed by atoms with van der Waals surface area (Å²) in [6.45, 7) is 4.23. The molecule has 0 fully saturated rings. The fourth-order valence-electron chi connectivity index (χ4n) is 3.60. The first-order valence-corrected chi connectivity index (χ1v) is 11.7. The maximum Gasteiger partial charge on any atom is 0.115 e. The van der Waals surface area contributed by atoms with E-state index in [-0.39, 0.29) is 24.8 Å². The third-order valence-corrected chi connectivity index (χ3v) is 5.51. The third kappa shape index (κ3) is 15.4. The van der Waals surface area contributed by atoms with Crippen LogP contribution >= 0.6 is 24.8 Å². The predicted molar refractivity (Wildman–Crippen MR) is 141 cm³/mol. The second-order valence-electron chi connectivity index (χ2n) is 8.16. The minimum atomic E-state index is 0. The first kappa shape index (κ1) is 30.5. The number of nitrogens with one attached hydrogen (secondary N) is 2. The summed E-state index contributed by atoms with van der Waals surface area (Å²) in [5.74, 6) is 0.677. The van der Waals surface area contributed by atoms with Gasteiger partial charge in [0.25, 0.3) is 0 Å². The van der Waals surface area contributed by atoms with Crippen molar-refractivity contribution in [3.05, 3.63) is 59.7 Å². The molecule has 0 bridgehead atoms. The molecule has 32 heavy (non-hydrogen) atoms. The van der Waals surface area contributed by atoms with Gasteiger partial charge in [-0.15, -0.1) is 24.8 Å². The highest BCUT2D eigenvalue weighted by atomic mass is 35.5. The van der Waals surface area contributed by atoms with Crippen molar-refractivity contribution in [1.29, 1.82) is 0 Å². The first-order chi connectivity index (χ1) is 14.7. The molecule has 2 aromatic rings. The van der Waals surface area contributed by atoms with Crippen LogP contribution in [0.25, 0.3) is 0 Å². The predicted octanol–water partition coefficient (Wildman–Crippen LogP) is 6.03. The Morgan fingerprint density at radius 3 is 1.09 bits per heavy atom. The molecule has 0 aliphatic carbocycles. The molecule has 0 aliphatic heterocycles. The summed E-state index contributed by atoms with van der Waals surface area (Å²) in [6, 6.07) is 15.0. The van der Waals surface area contributed by atoms with Crippen LogP contribution in [0.5, 0.6) is 11.5 Å². The lowest BCUT2D eigenvalue weighted by Gasteiger charge is -2.06. The van der Waals surface area contributed by atoms with E-state index >= 15 is 0 Å². The van der Waals surface area contributed by atoms with Crippen LogP contribution in [0, 0.1) is 0 Å². The van der Waals surface area contributed by atoms with Crippen molar-refractivity contribution in [3.63, 3.8) is 0 Å². The molecule has 6 heteroatoms. The van der Waals surface area contributed by atoms with Crippen LogP contribution in [0.3, 0.4) is 0 Å². The molecule has 0 amide bonds. The smallest absolute Gasteiger partial charge is 0.115 e. The molecule has 0 aliphatic rings. The van der Waals surface area contributed by atoms with Crippen molar-refractivity contribution in [2.75, 3.05) is 26.2 Å². The molecule has 2 rings (SSSR count). The Labute approximate surface area is 207 Å². The summed E-state index contributed by atoms with van der Waals surface area (Å²) in [5, 5.41) is 25.6. The molecule has 0 radical (unpaired) electrons. The number of hydrogen-bond donors (Lipinski definition) is 4. The van der Waals surface area contributed by atoms with Crippen LogP contribution in [0.15, 0.2) is 48.5 Å². The minimum Gasteiger partial charge on any atom is -0.508 e. The standard InChI is InChI=1S/C26H40N2O2.2ClH/c29-25-13-9-23(10-14-25)17-21-27-19-7-5-3-1-2-4-6-8-20-28-22-18-24-11-15-26(30)16-12-24;;/h9-16,27-30H,1-8,17-22H2;2*1H. The monoisotopic (exact) mass is 484 g/mol. The minimum absolute atomic E-state index is 0. The highest BCUT2D eigenvalue weighted by molar-refractivity contribution is 5.85. The van der Waals surface area contributed by atoms with E-state index in [0.717, 1.165) is 39.0 Å². The zero-order valence-electron chi connectivity index (χ0n) is 19.2. The van der Waals surface area contributed by atoms with Crippen molar-refractivity contribution >= 4 is 24.8 Å². The number of phenolic OH excluding ortho intramolecular Hbond substituents is 2. The highest BCUT2D eigenvalue weighted by Crippen LogP contribution is 2.11. The van der Waals surface area contributed by atoms with Crippen molar-refractivity contribution in [2.45, 2.75) is 64.2 Å². The second-order valence-corrected chi connectivity index (χ2v) is 8.16. The van der Waals surface area contributed by atoms with Crippen LogP contribution < -0.4 is 10.6 Å². The number of unbranched alkanes of at least 4 members (excludes halogenated alkanes) is 7. The number of aromatic hydroxyl groups is 2. The molecule has 4 nitrogen and oxygen atoms in total. The van der Waals surface area contributed by atoms with Crippen LogP contribution in [-0.2, 0) is 12.8 Å². The van der Waals surface area contributed by atoms with E-state index in [1.54, 1.807) is 24.3 Å². The molecular weight excluding hydrogens is 443 g/mol. The van der Waals surface area contributed by atoms with Gasteiger partial charge in [0.05, 0.1) is 0 Å². The molecule has 0 unspecified atom stereocenters. The van der Waals surface area contributed by atoms with Gasteiger partial charge in [-0.3, -0.25) is 0 Å². The van der Waals surface area contributed by atoms with Gasteiger partial charge >= 0.3 is 0 Å². The molecule has 2 aromatic carbocycles. The van der Waals surface area contributed by atoms with Crippen LogP contribution in [0.4, 0.5) is 0 Å². The molecule has 0 atom stereocenters. The van der Waals surface area contributed by atoms with Crippen LogP contribution in [-0.4, -0.2) is 36.4 Å². The van der Waals surface area contributed by atoms with Gasteiger partial charge < -0.3 is 20.8 Å². The zero-order chi connectivity index (χ0) is 21.3. The largest absolute Gasteiger partial charge is 0.508 e. The topological polar surface area (TPSA) is 64.5 Å². The average Bonchev–Trinajstić information content (AvgIpc) is 2.76. The van der Waals surface area contributed by atoms with Gasteiger partial charge in [0.15, 0.2) is 0 Å². The molecule has 0 saturated heterocycles. The van der Waals surface area contributed by atoms with E-state index in [1.165, 1.54) is 62.5 Å². The van der Waals surface area contributed by atoms with Crippen LogP contribution in [0.2, 0.25) is 0 Å². The summed E-state index contributed by atoms with van der Waals surface area (Å²) in [4.78, 5) is 0. The first-order valence-electron chi connectivity index (χ1n) is 11.7. The van der Waals surface area contributed by atoms with E-state index in [0.29, 0.717) is 11.5 Å². The number of benzene rings is 2. The third-order valence-electron chi connectivity index (χ3n) is 5.51. The number of hydrogen-bond acceptors (Lipinski definition) is 4. The van der Waals surface area contributed by atoms with Crippen molar-refractivity contribution in [1.82, 2.24) is 10.6 Å². The van der Waals surface area contributed by atoms with Crippen LogP contribution in [0.1, 0.15) is 62.5 Å². The fourth-order valence-corrected chi connectivity index (χ4v) is 3.60. The second kappa shape index (κ2) is 20.2. The summed E-state index contributed by atoms with van der Waals surface area (Å²) in [5.41, 5.74) is 2.54. The lowest BCUT2D eigenvalue weighted by Crippen LogP contribution is -2.18. The molecule has 0 spiro atoms. The van der Waals surface area contributed by atoms with Crippen molar-refractivity contribution in [3.8, 4) is 11.5 Å². The lowest BCUT2D eigenvalue weighted by molar-refractivity contribution is 0.474. The van der Waals surface area contributed by atoms with E-state index in [2.05, 4.69) is 10.6 Å². The Kier molecular flexibility index (Phi) is 19.2. The maximum absolute atomic E-state index is 9.28. The molecule has 0 heterocycles. The van der Waals surface area contributed by atoms with Gasteiger partial charge in [0, 0.05) is 0 Å². The SMILES string of the molecule is Cl.Cl.Oc1ccc(CCNCCCCCCCCCCNCCc2ccc(O)cc2)cc1. The molecule has 4 N–H and O–H groups in total. The molecule has 182 valence electrons. The summed E-state index contributed by atoms with van der Waals surface area (Å²) in [7, 11) is 0. The van der Waals surface area contributed by atoms with Gasteiger partial charge in [0.1, 0.15) is 11.5 Å². The summed E-state index contributed by atoms with van der Waals surface area (Å²) in [6.07, 6.45) is 12.6. The Bertz CT molecular complexity index is 607. The molecule has 0 saturated carbocycles. The van der Waals surface area contributed by atoms with Crippen molar-refractivity contribution < 1.29 is 10.2 Å². The van der Waals surface area contributed by atoms with Gasteiger partial charge in [-0.05, 0) is 87.3 Å². The van der Waals surface area contributed by atoms with Gasteiger partial charge in [0.2, 0.25) is 0 Å². The fraction of sp³-hybridized carbons (Fsp3) is 0.538. The number of phenols is 2. The van der Waals surface area contributed by atoms with Gasteiger partial charge in [-0.25, -0.2) is 0 Å². The van der Waals surface area contributed by atoms with Crippen molar-refractivity contribution in [2.24, 2.45) is 0 Å². The van der Waals surface area contributed by atoms with Gasteiger partial charge in [-0.2, -0.15) is 0 Å². The quantitative estimate of drug-likeness (QED) is 0.207. The van der Waals surface area contributed by atoms with E-state index in [9.17, 15) is 10.2 Å². The maximum atomic E-state index is 9.28. The molecule has 0 aromatic heterocycles. The Morgan fingerprint density at radius 1 is 0.438 bits per heavy atom. The summed E-state index contributed by atoms with van der Waals surface area (Å²) < 4.78 is 0. The van der Waals surface area contributed by atoms with E-state index in [4.69, 9.17) is 0 Å². The highest BCUT2D eigenvalue weighted by Gasteiger charge is 1.96. The number of halogens is 2. The van der Waals surface area contributed by atoms with E-state index < -0.39 is 0 Å². The van der Waals surface area contributed by atoms with E-state index in [1.807, 2.05) is 24.3 Å². The Balaban J connectivity index is 0.00000480. The average molecular weight is 486 g/mol. The lowest BCUT2D eigenvalue weighted by atomic mass is 10.1. The Morgan fingerprint density at radius 2 is 0.750 bits per heavy atom. The zero-order valence-corrected chi connectivity index (χ0v) is 20.9. The number of rotatable bonds is 17. The normalized spacial score (nSPS) is 10.4.